The third-order valence-electron chi connectivity index (χ3n) is 2.83. The van der Waals surface area contributed by atoms with Crippen molar-refractivity contribution < 1.29 is 4.74 Å². The lowest BCUT2D eigenvalue weighted by molar-refractivity contribution is 0.163. The van der Waals surface area contributed by atoms with Crippen molar-refractivity contribution in [1.29, 1.82) is 0 Å². The van der Waals surface area contributed by atoms with Gasteiger partial charge in [-0.2, -0.15) is 0 Å². The maximum absolute atomic E-state index is 5.81. The molecule has 0 bridgehead atoms. The third-order valence-corrected chi connectivity index (χ3v) is 2.83. The van der Waals surface area contributed by atoms with Crippen LogP contribution >= 0.6 is 0 Å². The minimum atomic E-state index is 0.101. The Bertz CT molecular complexity index is 369. The molecule has 0 spiro atoms. The van der Waals surface area contributed by atoms with Crippen LogP contribution in [0.3, 0.4) is 0 Å². The molecule has 0 amide bonds. The summed E-state index contributed by atoms with van der Waals surface area (Å²) < 4.78 is 5.81. The van der Waals surface area contributed by atoms with Crippen molar-refractivity contribution in [2.24, 2.45) is 5.92 Å². The molecular weight excluding hydrogens is 224 g/mol. The molecule has 1 aromatic heterocycles. The van der Waals surface area contributed by atoms with Crippen molar-refractivity contribution in [3.05, 3.63) is 23.9 Å². The number of hydrogen-bond donors (Lipinski definition) is 1. The average molecular weight is 250 g/mol. The van der Waals surface area contributed by atoms with E-state index in [2.05, 4.69) is 51.8 Å². The van der Waals surface area contributed by atoms with E-state index in [1.54, 1.807) is 0 Å². The van der Waals surface area contributed by atoms with E-state index in [4.69, 9.17) is 4.74 Å². The quantitative estimate of drug-likeness (QED) is 0.869. The fraction of sp³-hybridized carbons (Fsp3) is 0.667. The summed E-state index contributed by atoms with van der Waals surface area (Å²) in [6.45, 7) is 13.6. The highest BCUT2D eigenvalue weighted by Crippen LogP contribution is 2.14. The first kappa shape index (κ1) is 15.0. The van der Waals surface area contributed by atoms with E-state index in [1.165, 1.54) is 0 Å². The van der Waals surface area contributed by atoms with Gasteiger partial charge in [-0.25, -0.2) is 4.98 Å². The highest BCUT2D eigenvalue weighted by atomic mass is 16.5. The minimum Gasteiger partial charge on any atom is -0.474 e. The summed E-state index contributed by atoms with van der Waals surface area (Å²) in [5.41, 5.74) is 1.11. The van der Waals surface area contributed by atoms with Crippen LogP contribution < -0.4 is 10.1 Å². The molecule has 1 atom stereocenters. The van der Waals surface area contributed by atoms with Crippen LogP contribution in [0.25, 0.3) is 0 Å². The molecule has 0 aliphatic heterocycles. The molecule has 3 nitrogen and oxygen atoms in total. The average Bonchev–Trinajstić information content (AvgIpc) is 2.26. The molecule has 0 aromatic carbocycles. The SMILES string of the molecule is CC(C)C(C)Oc1cccc(CNC(C)(C)C)n1. The lowest BCUT2D eigenvalue weighted by Gasteiger charge is -2.21. The highest BCUT2D eigenvalue weighted by Gasteiger charge is 2.11. The van der Waals surface area contributed by atoms with E-state index < -0.39 is 0 Å². The van der Waals surface area contributed by atoms with E-state index in [9.17, 15) is 0 Å². The first-order chi connectivity index (χ1) is 8.28. The molecular formula is C15H26N2O. The van der Waals surface area contributed by atoms with Gasteiger partial charge in [0.2, 0.25) is 5.88 Å². The summed E-state index contributed by atoms with van der Waals surface area (Å²) in [5, 5.41) is 3.42. The van der Waals surface area contributed by atoms with Gasteiger partial charge < -0.3 is 10.1 Å². The molecule has 1 heterocycles. The maximum Gasteiger partial charge on any atom is 0.213 e. The van der Waals surface area contributed by atoms with Gasteiger partial charge in [0, 0.05) is 18.2 Å². The Labute approximate surface area is 111 Å². The first-order valence-corrected chi connectivity index (χ1v) is 6.65. The smallest absolute Gasteiger partial charge is 0.213 e. The molecule has 0 aliphatic rings. The van der Waals surface area contributed by atoms with Crippen molar-refractivity contribution in [2.45, 2.75) is 59.7 Å². The van der Waals surface area contributed by atoms with Crippen LogP contribution in [0, 0.1) is 5.92 Å². The van der Waals surface area contributed by atoms with Crippen molar-refractivity contribution in [2.75, 3.05) is 0 Å². The summed E-state index contributed by atoms with van der Waals surface area (Å²) in [4.78, 5) is 4.51. The van der Waals surface area contributed by atoms with E-state index in [1.807, 2.05) is 18.2 Å². The van der Waals surface area contributed by atoms with Crippen LogP contribution in [-0.2, 0) is 6.54 Å². The van der Waals surface area contributed by atoms with E-state index in [-0.39, 0.29) is 11.6 Å². The summed E-state index contributed by atoms with van der Waals surface area (Å²) in [6.07, 6.45) is 0.184. The number of nitrogens with zero attached hydrogens (tertiary/aromatic N) is 1. The maximum atomic E-state index is 5.81. The Morgan fingerprint density at radius 1 is 1.22 bits per heavy atom. The number of hydrogen-bond acceptors (Lipinski definition) is 3. The van der Waals surface area contributed by atoms with Gasteiger partial charge in [0.1, 0.15) is 0 Å². The molecule has 3 heteroatoms. The van der Waals surface area contributed by atoms with Gasteiger partial charge in [-0.3, -0.25) is 0 Å². The lowest BCUT2D eigenvalue weighted by Crippen LogP contribution is -2.35. The van der Waals surface area contributed by atoms with Crippen molar-refractivity contribution in [3.8, 4) is 5.88 Å². The van der Waals surface area contributed by atoms with Gasteiger partial charge in [0.15, 0.2) is 0 Å². The largest absolute Gasteiger partial charge is 0.474 e. The van der Waals surface area contributed by atoms with Crippen LogP contribution in [0.2, 0.25) is 0 Å². The van der Waals surface area contributed by atoms with Gasteiger partial charge in [0.25, 0.3) is 0 Å². The zero-order valence-electron chi connectivity index (χ0n) is 12.4. The number of aromatic nitrogens is 1. The predicted molar refractivity (Wildman–Crippen MR) is 75.8 cm³/mol. The van der Waals surface area contributed by atoms with E-state index in [0.29, 0.717) is 11.8 Å². The number of rotatable bonds is 5. The van der Waals surface area contributed by atoms with Gasteiger partial charge in [0.05, 0.1) is 11.8 Å². The number of pyridine rings is 1. The standard InChI is InChI=1S/C15H26N2O/c1-11(2)12(3)18-14-9-7-8-13(17-14)10-16-15(4,5)6/h7-9,11-12,16H,10H2,1-6H3. The molecule has 0 saturated carbocycles. The van der Waals surface area contributed by atoms with E-state index in [0.717, 1.165) is 12.2 Å². The van der Waals surface area contributed by atoms with Crippen LogP contribution in [0.1, 0.15) is 47.2 Å². The second-order valence-electron chi connectivity index (χ2n) is 6.14. The Kier molecular flexibility index (Phi) is 5.15. The second kappa shape index (κ2) is 6.19. The minimum absolute atomic E-state index is 0.101. The highest BCUT2D eigenvalue weighted by molar-refractivity contribution is 5.16. The molecule has 0 fully saturated rings. The monoisotopic (exact) mass is 250 g/mol. The van der Waals surface area contributed by atoms with Gasteiger partial charge in [-0.1, -0.05) is 19.9 Å². The summed E-state index contributed by atoms with van der Waals surface area (Å²) in [7, 11) is 0. The zero-order valence-corrected chi connectivity index (χ0v) is 12.4. The van der Waals surface area contributed by atoms with Gasteiger partial charge in [-0.05, 0) is 39.7 Å². The number of ether oxygens (including phenoxy) is 1. The Hall–Kier alpha value is -1.09. The van der Waals surface area contributed by atoms with Crippen molar-refractivity contribution in [3.63, 3.8) is 0 Å². The molecule has 0 aliphatic carbocycles. The Balaban J connectivity index is 2.62. The first-order valence-electron chi connectivity index (χ1n) is 6.65. The second-order valence-corrected chi connectivity index (χ2v) is 6.14. The third kappa shape index (κ3) is 5.50. The fourth-order valence-corrected chi connectivity index (χ4v) is 1.30. The van der Waals surface area contributed by atoms with Crippen molar-refractivity contribution >= 4 is 0 Å². The number of nitrogens with one attached hydrogen (secondary N) is 1. The van der Waals surface area contributed by atoms with Crippen molar-refractivity contribution in [1.82, 2.24) is 10.3 Å². The molecule has 102 valence electrons. The molecule has 18 heavy (non-hydrogen) atoms. The van der Waals surface area contributed by atoms with Gasteiger partial charge >= 0.3 is 0 Å². The summed E-state index contributed by atoms with van der Waals surface area (Å²) in [6, 6.07) is 5.93. The normalized spacial score (nSPS) is 13.7. The molecule has 1 rings (SSSR count). The molecule has 1 aromatic rings. The van der Waals surface area contributed by atoms with Crippen LogP contribution in [-0.4, -0.2) is 16.6 Å². The summed E-state index contributed by atoms with van der Waals surface area (Å²) >= 11 is 0. The van der Waals surface area contributed by atoms with E-state index >= 15 is 0 Å². The predicted octanol–water partition coefficient (Wildman–Crippen LogP) is 3.39. The molecule has 0 saturated heterocycles. The van der Waals surface area contributed by atoms with Gasteiger partial charge in [-0.15, -0.1) is 0 Å². The Morgan fingerprint density at radius 2 is 1.89 bits per heavy atom. The topological polar surface area (TPSA) is 34.1 Å². The molecule has 0 radical (unpaired) electrons. The molecule has 1 unspecified atom stereocenters. The Morgan fingerprint density at radius 3 is 2.44 bits per heavy atom. The fourth-order valence-electron chi connectivity index (χ4n) is 1.30. The van der Waals surface area contributed by atoms with Crippen LogP contribution in [0.5, 0.6) is 5.88 Å². The zero-order chi connectivity index (χ0) is 13.8. The lowest BCUT2D eigenvalue weighted by atomic mass is 10.1. The molecule has 1 N–H and O–H groups in total. The summed E-state index contributed by atoms with van der Waals surface area (Å²) in [5.74, 6) is 1.20. The van der Waals surface area contributed by atoms with Crippen LogP contribution in [0.4, 0.5) is 0 Å². The van der Waals surface area contributed by atoms with Crippen LogP contribution in [0.15, 0.2) is 18.2 Å².